The Balaban J connectivity index is 1.63. The van der Waals surface area contributed by atoms with Gasteiger partial charge in [-0.25, -0.2) is 0 Å². The molecule has 4 rings (SSSR count). The highest BCUT2D eigenvalue weighted by molar-refractivity contribution is 5.88. The molecular weight excluding hydrogens is 338 g/mol. The van der Waals surface area contributed by atoms with Crippen molar-refractivity contribution in [1.29, 1.82) is 0 Å². The molecule has 1 aromatic heterocycles. The highest BCUT2D eigenvalue weighted by Crippen LogP contribution is 2.35. The third kappa shape index (κ3) is 3.47. The van der Waals surface area contributed by atoms with E-state index >= 15 is 0 Å². The van der Waals surface area contributed by atoms with Crippen molar-refractivity contribution >= 4 is 22.3 Å². The van der Waals surface area contributed by atoms with Crippen LogP contribution in [0.3, 0.4) is 0 Å². The van der Waals surface area contributed by atoms with Crippen molar-refractivity contribution in [3.63, 3.8) is 0 Å². The van der Waals surface area contributed by atoms with Gasteiger partial charge in [-0.05, 0) is 61.7 Å². The van der Waals surface area contributed by atoms with E-state index in [-0.39, 0.29) is 0 Å². The Kier molecular flexibility index (Phi) is 4.94. The Hall–Kier alpha value is -2.66. The molecule has 1 fully saturated rings. The average Bonchev–Trinajstić information content (AvgIpc) is 3.04. The fourth-order valence-electron chi connectivity index (χ4n) is 4.03. The molecule has 1 aliphatic rings. The number of aromatic nitrogens is 1. The van der Waals surface area contributed by atoms with Crippen molar-refractivity contribution in [2.75, 3.05) is 32.6 Å². The first kappa shape index (κ1) is 17.7. The molecule has 0 radical (unpaired) electrons. The normalized spacial score (nSPS) is 15.1. The maximum absolute atomic E-state index is 5.40. The van der Waals surface area contributed by atoms with Crippen LogP contribution in [0.1, 0.15) is 24.3 Å². The number of rotatable bonds is 5. The lowest BCUT2D eigenvalue weighted by Crippen LogP contribution is -2.26. The first-order valence-corrected chi connectivity index (χ1v) is 9.48. The maximum atomic E-state index is 5.40. The molecule has 0 saturated carbocycles. The lowest BCUT2D eigenvalue weighted by molar-refractivity contribution is 0.355. The Morgan fingerprint density at radius 2 is 1.67 bits per heavy atom. The molecule has 0 amide bonds. The molecule has 0 aliphatic carbocycles. The SMILES string of the molecule is COc1ccc(Nc2ccc3c(C4CCNCC4)cn(C)c3c2)cc1OC. The third-order valence-electron chi connectivity index (χ3n) is 5.47. The predicted molar refractivity (Wildman–Crippen MR) is 111 cm³/mol. The zero-order valence-corrected chi connectivity index (χ0v) is 16.2. The molecule has 5 heteroatoms. The second-order valence-corrected chi connectivity index (χ2v) is 7.15. The van der Waals surface area contributed by atoms with Crippen molar-refractivity contribution in [2.45, 2.75) is 18.8 Å². The van der Waals surface area contributed by atoms with Crippen LogP contribution >= 0.6 is 0 Å². The zero-order chi connectivity index (χ0) is 18.8. The molecule has 0 bridgehead atoms. The van der Waals surface area contributed by atoms with E-state index in [2.05, 4.69) is 46.6 Å². The molecule has 27 heavy (non-hydrogen) atoms. The van der Waals surface area contributed by atoms with Gasteiger partial charge in [-0.2, -0.15) is 0 Å². The number of hydrogen-bond acceptors (Lipinski definition) is 4. The number of nitrogens with one attached hydrogen (secondary N) is 2. The number of ether oxygens (including phenoxy) is 2. The van der Waals surface area contributed by atoms with Crippen LogP contribution in [0, 0.1) is 0 Å². The first-order chi connectivity index (χ1) is 13.2. The number of methoxy groups -OCH3 is 2. The van der Waals surface area contributed by atoms with Gasteiger partial charge >= 0.3 is 0 Å². The van der Waals surface area contributed by atoms with Gasteiger partial charge in [0.2, 0.25) is 0 Å². The molecule has 0 unspecified atom stereocenters. The number of nitrogens with zero attached hydrogens (tertiary/aromatic N) is 1. The molecule has 2 N–H and O–H groups in total. The molecule has 1 saturated heterocycles. The summed E-state index contributed by atoms with van der Waals surface area (Å²) in [6, 6.07) is 12.5. The minimum absolute atomic E-state index is 0.652. The Morgan fingerprint density at radius 3 is 2.41 bits per heavy atom. The van der Waals surface area contributed by atoms with E-state index in [1.165, 1.54) is 29.3 Å². The van der Waals surface area contributed by atoms with Crippen LogP contribution in [-0.2, 0) is 7.05 Å². The van der Waals surface area contributed by atoms with Crippen molar-refractivity contribution < 1.29 is 9.47 Å². The summed E-state index contributed by atoms with van der Waals surface area (Å²) in [6.45, 7) is 2.22. The number of hydrogen-bond donors (Lipinski definition) is 2. The van der Waals surface area contributed by atoms with E-state index in [0.29, 0.717) is 5.92 Å². The molecule has 0 spiro atoms. The van der Waals surface area contributed by atoms with E-state index in [0.717, 1.165) is 36.0 Å². The fraction of sp³-hybridized carbons (Fsp3) is 0.364. The van der Waals surface area contributed by atoms with E-state index in [1.54, 1.807) is 14.2 Å². The molecule has 1 aliphatic heterocycles. The van der Waals surface area contributed by atoms with Crippen LogP contribution < -0.4 is 20.1 Å². The lowest BCUT2D eigenvalue weighted by atomic mass is 9.90. The summed E-state index contributed by atoms with van der Waals surface area (Å²) in [7, 11) is 5.43. The highest BCUT2D eigenvalue weighted by Gasteiger charge is 2.19. The second-order valence-electron chi connectivity index (χ2n) is 7.15. The number of anilines is 2. The van der Waals surface area contributed by atoms with Crippen LogP contribution in [0.5, 0.6) is 11.5 Å². The van der Waals surface area contributed by atoms with Gasteiger partial charge in [-0.1, -0.05) is 6.07 Å². The van der Waals surface area contributed by atoms with Gasteiger partial charge in [0, 0.05) is 36.1 Å². The Bertz CT molecular complexity index is 942. The fourth-order valence-corrected chi connectivity index (χ4v) is 4.03. The maximum Gasteiger partial charge on any atom is 0.162 e. The quantitative estimate of drug-likeness (QED) is 0.703. The molecule has 5 nitrogen and oxygen atoms in total. The monoisotopic (exact) mass is 365 g/mol. The lowest BCUT2D eigenvalue weighted by Gasteiger charge is -2.22. The van der Waals surface area contributed by atoms with Crippen LogP contribution in [0.25, 0.3) is 10.9 Å². The topological polar surface area (TPSA) is 47.5 Å². The number of aryl methyl sites for hydroxylation is 1. The number of benzene rings is 2. The molecule has 0 atom stereocenters. The summed E-state index contributed by atoms with van der Waals surface area (Å²) in [4.78, 5) is 0. The van der Waals surface area contributed by atoms with Crippen molar-refractivity contribution in [3.05, 3.63) is 48.2 Å². The standard InChI is InChI=1S/C22H27N3O2/c1-25-14-19(15-8-10-23-11-9-15)18-6-4-16(12-20(18)25)24-17-5-7-21(26-2)22(13-17)27-3/h4-7,12-15,23-24H,8-11H2,1-3H3. The van der Waals surface area contributed by atoms with Crippen molar-refractivity contribution in [2.24, 2.45) is 7.05 Å². The zero-order valence-electron chi connectivity index (χ0n) is 16.2. The molecule has 2 aromatic carbocycles. The first-order valence-electron chi connectivity index (χ1n) is 9.48. The minimum Gasteiger partial charge on any atom is -0.493 e. The van der Waals surface area contributed by atoms with Crippen molar-refractivity contribution in [1.82, 2.24) is 9.88 Å². The van der Waals surface area contributed by atoms with Gasteiger partial charge in [0.05, 0.1) is 19.7 Å². The van der Waals surface area contributed by atoms with E-state index in [4.69, 9.17) is 9.47 Å². The molecule has 3 aromatic rings. The van der Waals surface area contributed by atoms with Gasteiger partial charge in [0.25, 0.3) is 0 Å². The Morgan fingerprint density at radius 1 is 0.963 bits per heavy atom. The van der Waals surface area contributed by atoms with Crippen LogP contribution in [0.4, 0.5) is 11.4 Å². The number of piperidine rings is 1. The van der Waals surface area contributed by atoms with Crippen LogP contribution in [-0.4, -0.2) is 31.9 Å². The van der Waals surface area contributed by atoms with Gasteiger partial charge in [0.1, 0.15) is 0 Å². The van der Waals surface area contributed by atoms with E-state index in [1.807, 2.05) is 18.2 Å². The summed E-state index contributed by atoms with van der Waals surface area (Å²) in [5, 5.41) is 8.30. The van der Waals surface area contributed by atoms with Gasteiger partial charge in [-0.3, -0.25) is 0 Å². The molecular formula is C22H27N3O2. The van der Waals surface area contributed by atoms with E-state index < -0.39 is 0 Å². The summed E-state index contributed by atoms with van der Waals surface area (Å²) in [5.41, 5.74) is 4.77. The predicted octanol–water partition coefficient (Wildman–Crippen LogP) is 4.41. The van der Waals surface area contributed by atoms with Crippen molar-refractivity contribution in [3.8, 4) is 11.5 Å². The van der Waals surface area contributed by atoms with Crippen LogP contribution in [0.2, 0.25) is 0 Å². The van der Waals surface area contributed by atoms with Gasteiger partial charge in [-0.15, -0.1) is 0 Å². The summed E-state index contributed by atoms with van der Waals surface area (Å²) < 4.78 is 13.0. The smallest absolute Gasteiger partial charge is 0.162 e. The van der Waals surface area contributed by atoms with Gasteiger partial charge in [0.15, 0.2) is 11.5 Å². The van der Waals surface area contributed by atoms with Gasteiger partial charge < -0.3 is 24.7 Å². The van der Waals surface area contributed by atoms with Crippen LogP contribution in [0.15, 0.2) is 42.6 Å². The average molecular weight is 365 g/mol. The van der Waals surface area contributed by atoms with E-state index in [9.17, 15) is 0 Å². The highest BCUT2D eigenvalue weighted by atomic mass is 16.5. The Labute approximate surface area is 160 Å². The molecule has 142 valence electrons. The largest absolute Gasteiger partial charge is 0.493 e. The summed E-state index contributed by atoms with van der Waals surface area (Å²) in [5.74, 6) is 2.10. The second kappa shape index (κ2) is 7.53. The molecule has 2 heterocycles. The number of fused-ring (bicyclic) bond motifs is 1. The third-order valence-corrected chi connectivity index (χ3v) is 5.47. The summed E-state index contributed by atoms with van der Waals surface area (Å²) >= 11 is 0. The minimum atomic E-state index is 0.652. The summed E-state index contributed by atoms with van der Waals surface area (Å²) in [6.07, 6.45) is 4.73.